The Kier molecular flexibility index (Phi) is 4.93. The zero-order valence-corrected chi connectivity index (χ0v) is 11.5. The molecule has 1 amide bonds. The van der Waals surface area contributed by atoms with Gasteiger partial charge in [0.2, 0.25) is 5.91 Å². The lowest BCUT2D eigenvalue weighted by atomic mass is 9.99. The van der Waals surface area contributed by atoms with Crippen LogP contribution in [-0.2, 0) is 4.79 Å². The summed E-state index contributed by atoms with van der Waals surface area (Å²) in [5, 5.41) is 3.15. The summed E-state index contributed by atoms with van der Waals surface area (Å²) in [7, 11) is 0. The van der Waals surface area contributed by atoms with Crippen molar-refractivity contribution in [2.75, 3.05) is 26.2 Å². The monoisotopic (exact) mass is 261 g/mol. The third-order valence-electron chi connectivity index (χ3n) is 3.78. The fourth-order valence-electron chi connectivity index (χ4n) is 2.76. The van der Waals surface area contributed by atoms with E-state index in [9.17, 15) is 4.79 Å². The lowest BCUT2D eigenvalue weighted by molar-refractivity contribution is -0.120. The molecule has 1 aromatic rings. The molecule has 0 bridgehead atoms. The maximum Gasteiger partial charge on any atom is 0.235 e. The summed E-state index contributed by atoms with van der Waals surface area (Å²) in [4.78, 5) is 13.7. The standard InChI is InChI=1S/C15H23N3O/c1-2-17-14(15(16)19)11-18-9-8-13(10-18)12-6-4-3-5-7-12/h3-7,13-14,17H,2,8-11H2,1H3,(H2,16,19). The summed E-state index contributed by atoms with van der Waals surface area (Å²) in [6.45, 7) is 5.52. The van der Waals surface area contributed by atoms with E-state index in [0.29, 0.717) is 12.5 Å². The number of nitrogens with two attached hydrogens (primary N) is 1. The van der Waals surface area contributed by atoms with Crippen molar-refractivity contribution in [2.45, 2.75) is 25.3 Å². The molecule has 1 saturated heterocycles. The summed E-state index contributed by atoms with van der Waals surface area (Å²) in [6.07, 6.45) is 1.15. The van der Waals surface area contributed by atoms with Crippen LogP contribution in [0.4, 0.5) is 0 Å². The Morgan fingerprint density at radius 2 is 2.21 bits per heavy atom. The van der Waals surface area contributed by atoms with E-state index < -0.39 is 0 Å². The molecule has 1 aliphatic rings. The predicted molar refractivity (Wildman–Crippen MR) is 76.9 cm³/mol. The number of likely N-dealkylation sites (N-methyl/N-ethyl adjacent to an activating group) is 1. The number of benzene rings is 1. The van der Waals surface area contributed by atoms with E-state index in [1.165, 1.54) is 5.56 Å². The van der Waals surface area contributed by atoms with E-state index in [1.54, 1.807) is 0 Å². The molecule has 2 atom stereocenters. The quantitative estimate of drug-likeness (QED) is 0.801. The van der Waals surface area contributed by atoms with Crippen molar-refractivity contribution in [1.82, 2.24) is 10.2 Å². The van der Waals surface area contributed by atoms with Gasteiger partial charge in [0.15, 0.2) is 0 Å². The molecule has 0 spiro atoms. The minimum atomic E-state index is -0.259. The summed E-state index contributed by atoms with van der Waals surface area (Å²) in [6, 6.07) is 10.4. The molecule has 4 heteroatoms. The van der Waals surface area contributed by atoms with Gasteiger partial charge in [-0.25, -0.2) is 0 Å². The van der Waals surface area contributed by atoms with E-state index in [0.717, 1.165) is 26.1 Å². The Morgan fingerprint density at radius 1 is 1.47 bits per heavy atom. The van der Waals surface area contributed by atoms with E-state index in [2.05, 4.69) is 34.5 Å². The summed E-state index contributed by atoms with van der Waals surface area (Å²) < 4.78 is 0. The highest BCUT2D eigenvalue weighted by Crippen LogP contribution is 2.26. The fourth-order valence-corrected chi connectivity index (χ4v) is 2.76. The highest BCUT2D eigenvalue weighted by molar-refractivity contribution is 5.80. The Bertz CT molecular complexity index is 407. The van der Waals surface area contributed by atoms with Crippen LogP contribution >= 0.6 is 0 Å². The molecule has 4 nitrogen and oxygen atoms in total. The number of carbonyl (C=O) groups excluding carboxylic acids is 1. The van der Waals surface area contributed by atoms with Crippen molar-refractivity contribution in [3.8, 4) is 0 Å². The lowest BCUT2D eigenvalue weighted by Crippen LogP contribution is -2.48. The minimum absolute atomic E-state index is 0.237. The number of hydrogen-bond acceptors (Lipinski definition) is 3. The van der Waals surface area contributed by atoms with E-state index in [4.69, 9.17) is 5.73 Å². The Hall–Kier alpha value is -1.39. The van der Waals surface area contributed by atoms with Crippen LogP contribution in [0.2, 0.25) is 0 Å². The molecule has 1 aromatic carbocycles. The van der Waals surface area contributed by atoms with Crippen molar-refractivity contribution in [3.05, 3.63) is 35.9 Å². The van der Waals surface area contributed by atoms with Crippen LogP contribution in [0.5, 0.6) is 0 Å². The molecular formula is C15H23N3O. The van der Waals surface area contributed by atoms with Gasteiger partial charge in [-0.2, -0.15) is 0 Å². The number of likely N-dealkylation sites (tertiary alicyclic amines) is 1. The Morgan fingerprint density at radius 3 is 2.84 bits per heavy atom. The van der Waals surface area contributed by atoms with Crippen molar-refractivity contribution < 1.29 is 4.79 Å². The molecule has 0 saturated carbocycles. The highest BCUT2D eigenvalue weighted by atomic mass is 16.1. The first-order valence-corrected chi connectivity index (χ1v) is 7.00. The van der Waals surface area contributed by atoms with Crippen LogP contribution in [0.1, 0.15) is 24.8 Å². The lowest BCUT2D eigenvalue weighted by Gasteiger charge is -2.22. The van der Waals surface area contributed by atoms with Crippen LogP contribution < -0.4 is 11.1 Å². The van der Waals surface area contributed by atoms with Gasteiger partial charge < -0.3 is 16.0 Å². The predicted octanol–water partition coefficient (Wildman–Crippen LogP) is 0.939. The number of rotatable bonds is 6. The zero-order valence-electron chi connectivity index (χ0n) is 11.5. The molecule has 19 heavy (non-hydrogen) atoms. The fraction of sp³-hybridized carbons (Fsp3) is 0.533. The number of primary amides is 1. The highest BCUT2D eigenvalue weighted by Gasteiger charge is 2.26. The first-order valence-electron chi connectivity index (χ1n) is 7.00. The molecule has 0 radical (unpaired) electrons. The van der Waals surface area contributed by atoms with Gasteiger partial charge in [0.1, 0.15) is 0 Å². The van der Waals surface area contributed by atoms with Gasteiger partial charge in [0.05, 0.1) is 6.04 Å². The van der Waals surface area contributed by atoms with Crippen LogP contribution in [0.25, 0.3) is 0 Å². The number of amides is 1. The summed E-state index contributed by atoms with van der Waals surface area (Å²) >= 11 is 0. The van der Waals surface area contributed by atoms with Crippen molar-refractivity contribution >= 4 is 5.91 Å². The number of hydrogen-bond donors (Lipinski definition) is 2. The van der Waals surface area contributed by atoms with E-state index in [-0.39, 0.29) is 11.9 Å². The first-order chi connectivity index (χ1) is 9.20. The molecule has 1 fully saturated rings. The van der Waals surface area contributed by atoms with Crippen molar-refractivity contribution in [1.29, 1.82) is 0 Å². The number of nitrogens with one attached hydrogen (secondary N) is 1. The van der Waals surface area contributed by atoms with Gasteiger partial charge in [-0.05, 0) is 31.0 Å². The molecule has 2 unspecified atom stereocenters. The Labute approximate surface area is 115 Å². The third kappa shape index (κ3) is 3.78. The molecule has 1 aliphatic heterocycles. The average molecular weight is 261 g/mol. The molecule has 0 aromatic heterocycles. The summed E-state index contributed by atoms with van der Waals surface area (Å²) in [5.74, 6) is 0.321. The number of nitrogens with zero attached hydrogens (tertiary/aromatic N) is 1. The van der Waals surface area contributed by atoms with Crippen LogP contribution in [0.15, 0.2) is 30.3 Å². The van der Waals surface area contributed by atoms with Gasteiger partial charge in [-0.1, -0.05) is 37.3 Å². The molecule has 104 valence electrons. The van der Waals surface area contributed by atoms with E-state index in [1.807, 2.05) is 13.0 Å². The SMILES string of the molecule is CCNC(CN1CCC(c2ccccc2)C1)C(N)=O. The summed E-state index contributed by atoms with van der Waals surface area (Å²) in [5.41, 5.74) is 6.81. The second-order valence-electron chi connectivity index (χ2n) is 5.17. The van der Waals surface area contributed by atoms with Gasteiger partial charge in [-0.3, -0.25) is 4.79 Å². The normalized spacial score (nSPS) is 21.4. The van der Waals surface area contributed by atoms with Crippen LogP contribution in [-0.4, -0.2) is 43.0 Å². The molecule has 2 rings (SSSR count). The Balaban J connectivity index is 1.89. The zero-order chi connectivity index (χ0) is 13.7. The molecule has 0 aliphatic carbocycles. The molecule has 3 N–H and O–H groups in total. The largest absolute Gasteiger partial charge is 0.368 e. The van der Waals surface area contributed by atoms with Crippen LogP contribution in [0.3, 0.4) is 0 Å². The molecule has 1 heterocycles. The first kappa shape index (κ1) is 14.0. The average Bonchev–Trinajstić information content (AvgIpc) is 2.88. The topological polar surface area (TPSA) is 58.4 Å². The maximum atomic E-state index is 11.4. The van der Waals surface area contributed by atoms with Gasteiger partial charge >= 0.3 is 0 Å². The van der Waals surface area contributed by atoms with Gasteiger partial charge in [0.25, 0.3) is 0 Å². The van der Waals surface area contributed by atoms with Gasteiger partial charge in [-0.15, -0.1) is 0 Å². The number of carbonyl (C=O) groups is 1. The molecular weight excluding hydrogens is 238 g/mol. The van der Waals surface area contributed by atoms with E-state index >= 15 is 0 Å². The third-order valence-corrected chi connectivity index (χ3v) is 3.78. The smallest absolute Gasteiger partial charge is 0.235 e. The maximum absolute atomic E-state index is 11.4. The minimum Gasteiger partial charge on any atom is -0.368 e. The van der Waals surface area contributed by atoms with Crippen molar-refractivity contribution in [3.63, 3.8) is 0 Å². The van der Waals surface area contributed by atoms with Crippen molar-refractivity contribution in [2.24, 2.45) is 5.73 Å². The van der Waals surface area contributed by atoms with Gasteiger partial charge in [0, 0.05) is 13.1 Å². The van der Waals surface area contributed by atoms with Crippen LogP contribution in [0, 0.1) is 0 Å². The second kappa shape index (κ2) is 6.68. The second-order valence-corrected chi connectivity index (χ2v) is 5.17.